The molecule has 22 heavy (non-hydrogen) atoms. The summed E-state index contributed by atoms with van der Waals surface area (Å²) in [5, 5.41) is 0. The van der Waals surface area contributed by atoms with Crippen molar-refractivity contribution in [2.24, 2.45) is 0 Å². The summed E-state index contributed by atoms with van der Waals surface area (Å²) in [6.45, 7) is 7.16. The summed E-state index contributed by atoms with van der Waals surface area (Å²) in [5.74, 6) is 2.57. The van der Waals surface area contributed by atoms with E-state index in [4.69, 9.17) is 15.9 Å². The number of nitrogens with zero attached hydrogens (tertiary/aromatic N) is 2. The van der Waals surface area contributed by atoms with Crippen molar-refractivity contribution in [2.75, 3.05) is 19.6 Å². The third-order valence-corrected chi connectivity index (χ3v) is 3.71. The minimum atomic E-state index is -0.583. The number of hydrogen-bond acceptors (Lipinski definition) is 4. The smallest absolute Gasteiger partial charge is 0.411 e. The molecule has 0 radical (unpaired) electrons. The van der Waals surface area contributed by atoms with Crippen molar-refractivity contribution in [2.45, 2.75) is 57.8 Å². The van der Waals surface area contributed by atoms with Crippen molar-refractivity contribution in [1.82, 2.24) is 9.80 Å². The minimum Gasteiger partial charge on any atom is -0.444 e. The molecule has 0 aromatic rings. The van der Waals surface area contributed by atoms with Gasteiger partial charge in [-0.3, -0.25) is 4.90 Å². The Morgan fingerprint density at radius 3 is 2.36 bits per heavy atom. The number of amides is 2. The van der Waals surface area contributed by atoms with Crippen molar-refractivity contribution in [3.63, 3.8) is 0 Å². The first-order chi connectivity index (χ1) is 10.3. The van der Waals surface area contributed by atoms with E-state index in [9.17, 15) is 9.59 Å². The molecule has 0 aliphatic carbocycles. The van der Waals surface area contributed by atoms with Gasteiger partial charge in [0.25, 0.3) is 0 Å². The highest BCUT2D eigenvalue weighted by Gasteiger charge is 2.39. The lowest BCUT2D eigenvalue weighted by Crippen LogP contribution is -2.40. The first-order valence-electron chi connectivity index (χ1n) is 7.71. The molecule has 2 aliphatic rings. The van der Waals surface area contributed by atoms with Crippen molar-refractivity contribution < 1.29 is 19.1 Å². The van der Waals surface area contributed by atoms with Crippen LogP contribution in [0.3, 0.4) is 0 Å². The Balaban J connectivity index is 1.92. The molecule has 0 saturated carbocycles. The highest BCUT2D eigenvalue weighted by molar-refractivity contribution is 5.71. The molecule has 6 nitrogen and oxygen atoms in total. The Morgan fingerprint density at radius 2 is 1.82 bits per heavy atom. The molecule has 2 fully saturated rings. The average Bonchev–Trinajstić information content (AvgIpc) is 3.05. The lowest BCUT2D eigenvalue weighted by molar-refractivity contribution is 0.0219. The van der Waals surface area contributed by atoms with E-state index in [1.807, 2.05) is 0 Å². The summed E-state index contributed by atoms with van der Waals surface area (Å²) < 4.78 is 10.8. The monoisotopic (exact) mass is 308 g/mol. The van der Waals surface area contributed by atoms with Crippen LogP contribution in [0.25, 0.3) is 0 Å². The zero-order valence-electron chi connectivity index (χ0n) is 13.5. The minimum absolute atomic E-state index is 0.281. The van der Waals surface area contributed by atoms with Gasteiger partial charge < -0.3 is 14.4 Å². The topological polar surface area (TPSA) is 59.1 Å². The molecule has 2 heterocycles. The molecule has 0 bridgehead atoms. The second-order valence-electron chi connectivity index (χ2n) is 6.75. The maximum atomic E-state index is 12.2. The van der Waals surface area contributed by atoms with Gasteiger partial charge >= 0.3 is 12.2 Å². The lowest BCUT2D eigenvalue weighted by Gasteiger charge is -2.26. The number of rotatable bonds is 1. The fraction of sp³-hybridized carbons (Fsp3) is 0.750. The summed E-state index contributed by atoms with van der Waals surface area (Å²) in [7, 11) is 0. The van der Waals surface area contributed by atoms with Crippen LogP contribution in [0.1, 0.15) is 40.0 Å². The maximum absolute atomic E-state index is 12.2. The van der Waals surface area contributed by atoms with Crippen LogP contribution in [0.15, 0.2) is 0 Å². The molecule has 2 rings (SSSR count). The normalized spacial score (nSPS) is 25.0. The highest BCUT2D eigenvalue weighted by Crippen LogP contribution is 2.24. The molecule has 0 aromatic heterocycles. The summed E-state index contributed by atoms with van der Waals surface area (Å²) >= 11 is 0. The van der Waals surface area contributed by atoms with Gasteiger partial charge in [-0.25, -0.2) is 9.59 Å². The van der Waals surface area contributed by atoms with E-state index in [1.165, 1.54) is 4.90 Å². The first kappa shape index (κ1) is 16.5. The van der Waals surface area contributed by atoms with Gasteiger partial charge in [0.2, 0.25) is 0 Å². The van der Waals surface area contributed by atoms with Crippen molar-refractivity contribution in [3.05, 3.63) is 0 Å². The predicted octanol–water partition coefficient (Wildman–Crippen LogP) is 2.23. The maximum Gasteiger partial charge on any atom is 0.411 e. The zero-order chi connectivity index (χ0) is 16.3. The van der Waals surface area contributed by atoms with Crippen LogP contribution < -0.4 is 0 Å². The molecule has 0 spiro atoms. The van der Waals surface area contributed by atoms with Crippen LogP contribution in [0.5, 0.6) is 0 Å². The third-order valence-electron chi connectivity index (χ3n) is 3.71. The number of ether oxygens (including phenoxy) is 2. The second kappa shape index (κ2) is 6.47. The lowest BCUT2D eigenvalue weighted by atomic mass is 10.2. The van der Waals surface area contributed by atoms with Gasteiger partial charge in [0.05, 0.1) is 12.6 Å². The average molecular weight is 308 g/mol. The highest BCUT2D eigenvalue weighted by atomic mass is 16.6. The van der Waals surface area contributed by atoms with E-state index in [0.717, 1.165) is 25.9 Å². The molecule has 0 unspecified atom stereocenters. The Labute approximate surface area is 131 Å². The molecular formula is C16H24N2O4. The van der Waals surface area contributed by atoms with E-state index >= 15 is 0 Å². The summed E-state index contributed by atoms with van der Waals surface area (Å²) in [5.41, 5.74) is -0.583. The summed E-state index contributed by atoms with van der Waals surface area (Å²) in [6, 6.07) is -0.397. The Bertz CT molecular complexity index is 472. The number of likely N-dealkylation sites (tertiary alicyclic amines) is 2. The van der Waals surface area contributed by atoms with E-state index in [2.05, 4.69) is 5.92 Å². The van der Waals surface area contributed by atoms with Crippen molar-refractivity contribution >= 4 is 12.2 Å². The van der Waals surface area contributed by atoms with E-state index in [0.29, 0.717) is 6.42 Å². The number of hydrogen-bond donors (Lipinski definition) is 0. The van der Waals surface area contributed by atoms with Crippen molar-refractivity contribution in [1.29, 1.82) is 0 Å². The molecule has 2 saturated heterocycles. The van der Waals surface area contributed by atoms with Gasteiger partial charge in [-0.1, -0.05) is 5.92 Å². The van der Waals surface area contributed by atoms with Crippen molar-refractivity contribution in [3.8, 4) is 12.3 Å². The van der Waals surface area contributed by atoms with Crippen LogP contribution in [0.2, 0.25) is 0 Å². The molecule has 6 heteroatoms. The fourth-order valence-electron chi connectivity index (χ4n) is 2.68. The molecular weight excluding hydrogens is 284 g/mol. The number of carbonyl (C=O) groups excluding carboxylic acids is 2. The van der Waals surface area contributed by atoms with Crippen LogP contribution >= 0.6 is 0 Å². The summed E-state index contributed by atoms with van der Waals surface area (Å²) in [4.78, 5) is 27.4. The van der Waals surface area contributed by atoms with Gasteiger partial charge in [0, 0.05) is 19.5 Å². The second-order valence-corrected chi connectivity index (χ2v) is 6.75. The number of carbonyl (C=O) groups is 2. The first-order valence-corrected chi connectivity index (χ1v) is 7.71. The largest absolute Gasteiger partial charge is 0.444 e. The number of terminal acetylenes is 1. The molecule has 122 valence electrons. The summed E-state index contributed by atoms with van der Waals surface area (Å²) in [6.07, 6.45) is 6.81. The Hall–Kier alpha value is -1.90. The molecule has 0 aromatic carbocycles. The van der Waals surface area contributed by atoms with Crippen LogP contribution in [-0.2, 0) is 9.47 Å². The zero-order valence-corrected chi connectivity index (χ0v) is 13.5. The molecule has 0 N–H and O–H groups in total. The SMILES string of the molecule is C#C[C@H]1C[C@H](OC(=O)N2CCCC2)CN1C(=O)OC(C)(C)C. The standard InChI is InChI=1S/C16H24N2O4/c1-5-12-10-13(21-14(19)17-8-6-7-9-17)11-18(12)15(20)22-16(2,3)4/h1,12-13H,6-11H2,2-4H3/t12-,13-/m0/s1. The van der Waals surface area contributed by atoms with Crippen LogP contribution in [0, 0.1) is 12.3 Å². The molecule has 2 aliphatic heterocycles. The third kappa shape index (κ3) is 4.06. The molecule has 2 atom stereocenters. The van der Waals surface area contributed by atoms with E-state index in [1.54, 1.807) is 25.7 Å². The van der Waals surface area contributed by atoms with E-state index in [-0.39, 0.29) is 18.7 Å². The van der Waals surface area contributed by atoms with Crippen LogP contribution in [-0.4, -0.2) is 59.4 Å². The van der Waals surface area contributed by atoms with Crippen LogP contribution in [0.4, 0.5) is 9.59 Å². The fourth-order valence-corrected chi connectivity index (χ4v) is 2.68. The van der Waals surface area contributed by atoms with Gasteiger partial charge in [0.15, 0.2) is 0 Å². The van der Waals surface area contributed by atoms with Gasteiger partial charge in [-0.05, 0) is 33.6 Å². The molecule has 2 amide bonds. The van der Waals surface area contributed by atoms with Gasteiger partial charge in [0.1, 0.15) is 11.7 Å². The van der Waals surface area contributed by atoms with E-state index < -0.39 is 17.7 Å². The predicted molar refractivity (Wildman–Crippen MR) is 81.3 cm³/mol. The Morgan fingerprint density at radius 1 is 1.18 bits per heavy atom. The quantitative estimate of drug-likeness (QED) is 0.697. The Kier molecular flexibility index (Phi) is 4.84. The van der Waals surface area contributed by atoms with Gasteiger partial charge in [-0.2, -0.15) is 0 Å². The van der Waals surface area contributed by atoms with Gasteiger partial charge in [-0.15, -0.1) is 6.42 Å².